The highest BCUT2D eigenvalue weighted by Crippen LogP contribution is 2.40. The number of benzene rings is 2. The molecule has 0 aromatic heterocycles. The predicted octanol–water partition coefficient (Wildman–Crippen LogP) is 3.65. The van der Waals surface area contributed by atoms with E-state index in [4.69, 9.17) is 9.47 Å². The van der Waals surface area contributed by atoms with E-state index in [1.165, 1.54) is 5.56 Å². The van der Waals surface area contributed by atoms with Crippen LogP contribution in [-0.4, -0.2) is 42.8 Å². The van der Waals surface area contributed by atoms with Gasteiger partial charge in [0.2, 0.25) is 0 Å². The summed E-state index contributed by atoms with van der Waals surface area (Å²) in [6, 6.07) is 13.2. The van der Waals surface area contributed by atoms with Crippen molar-refractivity contribution in [3.63, 3.8) is 0 Å². The molecule has 138 valence electrons. The monoisotopic (exact) mass is 355 g/mol. The quantitative estimate of drug-likeness (QED) is 0.857. The second kappa shape index (κ2) is 7.79. The third-order valence-electron chi connectivity index (χ3n) is 5.04. The molecule has 0 amide bonds. The lowest BCUT2D eigenvalue weighted by atomic mass is 9.94. The van der Waals surface area contributed by atoms with Gasteiger partial charge in [-0.25, -0.2) is 0 Å². The zero-order valence-electron chi connectivity index (χ0n) is 15.4. The van der Waals surface area contributed by atoms with Crippen LogP contribution in [0.25, 0.3) is 0 Å². The Morgan fingerprint density at radius 2 is 1.88 bits per heavy atom. The lowest BCUT2D eigenvalue weighted by molar-refractivity contribution is -0.142. The third kappa shape index (κ3) is 3.53. The van der Waals surface area contributed by atoms with Crippen LogP contribution in [-0.2, 0) is 4.79 Å². The summed E-state index contributed by atoms with van der Waals surface area (Å²) in [5.74, 6) is 0.679. The molecular weight excluding hydrogens is 330 g/mol. The summed E-state index contributed by atoms with van der Waals surface area (Å²) in [6.07, 6.45) is 1.52. The van der Waals surface area contributed by atoms with Crippen LogP contribution in [0.2, 0.25) is 0 Å². The number of nitrogens with zero attached hydrogens (tertiary/aromatic N) is 1. The van der Waals surface area contributed by atoms with Crippen molar-refractivity contribution in [3.8, 4) is 11.5 Å². The van der Waals surface area contributed by atoms with Crippen LogP contribution in [0.4, 0.5) is 0 Å². The fourth-order valence-electron chi connectivity index (χ4n) is 3.71. The van der Waals surface area contributed by atoms with Crippen molar-refractivity contribution in [2.45, 2.75) is 31.8 Å². The Balaban J connectivity index is 2.15. The number of hydrogen-bond donors (Lipinski definition) is 1. The first-order valence-electron chi connectivity index (χ1n) is 8.82. The Labute approximate surface area is 154 Å². The number of likely N-dealkylation sites (tertiary alicyclic amines) is 1. The summed E-state index contributed by atoms with van der Waals surface area (Å²) < 4.78 is 11.0. The molecule has 0 aliphatic carbocycles. The highest BCUT2D eigenvalue weighted by atomic mass is 16.5. The van der Waals surface area contributed by atoms with E-state index in [2.05, 4.69) is 29.2 Å². The SMILES string of the molecule is COc1ccc(OC)c(C(c2ccc(C)cc2)N2CCCC2C(=O)O)c1. The largest absolute Gasteiger partial charge is 0.497 e. The Kier molecular flexibility index (Phi) is 5.47. The van der Waals surface area contributed by atoms with Crippen molar-refractivity contribution < 1.29 is 19.4 Å². The molecule has 1 N–H and O–H groups in total. The number of ether oxygens (including phenoxy) is 2. The zero-order valence-corrected chi connectivity index (χ0v) is 15.4. The average Bonchev–Trinajstić information content (AvgIpc) is 3.13. The number of aliphatic carboxylic acids is 1. The molecule has 0 spiro atoms. The van der Waals surface area contributed by atoms with Crippen LogP contribution in [0.3, 0.4) is 0 Å². The van der Waals surface area contributed by atoms with Gasteiger partial charge in [0, 0.05) is 12.1 Å². The van der Waals surface area contributed by atoms with E-state index in [0.29, 0.717) is 6.42 Å². The van der Waals surface area contributed by atoms with E-state index in [1.54, 1.807) is 14.2 Å². The van der Waals surface area contributed by atoms with Crippen LogP contribution in [0, 0.1) is 6.92 Å². The van der Waals surface area contributed by atoms with Crippen LogP contribution < -0.4 is 9.47 Å². The number of carboxylic acid groups (broad SMARTS) is 1. The van der Waals surface area contributed by atoms with Gasteiger partial charge >= 0.3 is 5.97 Å². The number of hydrogen-bond acceptors (Lipinski definition) is 4. The van der Waals surface area contributed by atoms with Gasteiger partial charge in [-0.15, -0.1) is 0 Å². The molecule has 1 saturated heterocycles. The van der Waals surface area contributed by atoms with Crippen molar-refractivity contribution in [3.05, 3.63) is 59.2 Å². The van der Waals surface area contributed by atoms with Crippen LogP contribution in [0.15, 0.2) is 42.5 Å². The molecule has 2 aromatic carbocycles. The van der Waals surface area contributed by atoms with Crippen molar-refractivity contribution >= 4 is 5.97 Å². The molecular formula is C21H25NO4. The Hall–Kier alpha value is -2.53. The fourth-order valence-corrected chi connectivity index (χ4v) is 3.71. The van der Waals surface area contributed by atoms with Crippen molar-refractivity contribution in [1.29, 1.82) is 0 Å². The molecule has 2 aromatic rings. The first kappa shape index (κ1) is 18.3. The normalized spacial score (nSPS) is 18.5. The summed E-state index contributed by atoms with van der Waals surface area (Å²) in [4.78, 5) is 13.9. The van der Waals surface area contributed by atoms with Gasteiger partial charge in [-0.2, -0.15) is 0 Å². The number of methoxy groups -OCH3 is 2. The molecule has 1 fully saturated rings. The van der Waals surface area contributed by atoms with E-state index in [9.17, 15) is 9.90 Å². The minimum absolute atomic E-state index is 0.204. The van der Waals surface area contributed by atoms with E-state index in [1.807, 2.05) is 25.1 Å². The summed E-state index contributed by atoms with van der Waals surface area (Å²) in [5.41, 5.74) is 3.14. The molecule has 0 saturated carbocycles. The number of rotatable bonds is 6. The van der Waals surface area contributed by atoms with Gasteiger partial charge in [-0.1, -0.05) is 29.8 Å². The average molecular weight is 355 g/mol. The Morgan fingerprint density at radius 3 is 2.50 bits per heavy atom. The second-order valence-electron chi connectivity index (χ2n) is 6.66. The molecule has 5 heteroatoms. The molecule has 0 bridgehead atoms. The number of carboxylic acids is 1. The third-order valence-corrected chi connectivity index (χ3v) is 5.04. The highest BCUT2D eigenvalue weighted by molar-refractivity contribution is 5.74. The molecule has 1 heterocycles. The lowest BCUT2D eigenvalue weighted by Gasteiger charge is -2.33. The summed E-state index contributed by atoms with van der Waals surface area (Å²) >= 11 is 0. The van der Waals surface area contributed by atoms with E-state index >= 15 is 0 Å². The summed E-state index contributed by atoms with van der Waals surface area (Å²) in [7, 11) is 3.26. The maximum Gasteiger partial charge on any atom is 0.320 e. The van der Waals surface area contributed by atoms with Gasteiger partial charge in [-0.05, 0) is 43.5 Å². The van der Waals surface area contributed by atoms with Crippen molar-refractivity contribution in [1.82, 2.24) is 4.90 Å². The predicted molar refractivity (Wildman–Crippen MR) is 99.9 cm³/mol. The van der Waals surface area contributed by atoms with Gasteiger partial charge in [0.1, 0.15) is 17.5 Å². The molecule has 1 aliphatic heterocycles. The van der Waals surface area contributed by atoms with Crippen LogP contribution >= 0.6 is 0 Å². The second-order valence-corrected chi connectivity index (χ2v) is 6.66. The van der Waals surface area contributed by atoms with E-state index in [-0.39, 0.29) is 6.04 Å². The first-order valence-corrected chi connectivity index (χ1v) is 8.82. The van der Waals surface area contributed by atoms with E-state index in [0.717, 1.165) is 35.6 Å². The Bertz CT molecular complexity index is 772. The summed E-state index contributed by atoms with van der Waals surface area (Å²) in [5, 5.41) is 9.70. The van der Waals surface area contributed by atoms with Gasteiger partial charge in [0.05, 0.1) is 20.3 Å². The van der Waals surface area contributed by atoms with Crippen molar-refractivity contribution in [2.75, 3.05) is 20.8 Å². The number of aryl methyl sites for hydroxylation is 1. The summed E-state index contributed by atoms with van der Waals surface area (Å²) in [6.45, 7) is 2.77. The molecule has 2 unspecified atom stereocenters. The van der Waals surface area contributed by atoms with Gasteiger partial charge in [0.15, 0.2) is 0 Å². The van der Waals surface area contributed by atoms with Crippen LogP contribution in [0.1, 0.15) is 35.6 Å². The minimum atomic E-state index is -0.776. The van der Waals surface area contributed by atoms with Gasteiger partial charge in [-0.3, -0.25) is 9.69 Å². The van der Waals surface area contributed by atoms with Crippen LogP contribution in [0.5, 0.6) is 11.5 Å². The Morgan fingerprint density at radius 1 is 1.15 bits per heavy atom. The molecule has 0 radical (unpaired) electrons. The maximum absolute atomic E-state index is 11.8. The molecule has 5 nitrogen and oxygen atoms in total. The van der Waals surface area contributed by atoms with Crippen molar-refractivity contribution in [2.24, 2.45) is 0 Å². The minimum Gasteiger partial charge on any atom is -0.497 e. The van der Waals surface area contributed by atoms with E-state index < -0.39 is 12.0 Å². The number of carbonyl (C=O) groups is 1. The molecule has 1 aliphatic rings. The highest BCUT2D eigenvalue weighted by Gasteiger charge is 2.38. The molecule has 3 rings (SSSR count). The topological polar surface area (TPSA) is 59.0 Å². The maximum atomic E-state index is 11.8. The molecule has 26 heavy (non-hydrogen) atoms. The van der Waals surface area contributed by atoms with Gasteiger partial charge < -0.3 is 14.6 Å². The first-order chi connectivity index (χ1) is 12.5. The lowest BCUT2D eigenvalue weighted by Crippen LogP contribution is -2.39. The fraction of sp³-hybridized carbons (Fsp3) is 0.381. The molecule has 2 atom stereocenters. The zero-order chi connectivity index (χ0) is 18.7. The smallest absolute Gasteiger partial charge is 0.320 e. The standard InChI is InChI=1S/C21H25NO4/c1-14-6-8-15(9-7-14)20(22-12-4-5-18(22)21(23)24)17-13-16(25-2)10-11-19(17)26-3/h6-11,13,18,20H,4-5,12H2,1-3H3,(H,23,24). The van der Waals surface area contributed by atoms with Gasteiger partial charge in [0.25, 0.3) is 0 Å².